The van der Waals surface area contributed by atoms with Gasteiger partial charge in [0.05, 0.1) is 18.6 Å². The number of methoxy groups -OCH3 is 1. The molecule has 0 unspecified atom stereocenters. The second-order valence-corrected chi connectivity index (χ2v) is 4.69. The molecule has 0 radical (unpaired) electrons. The largest absolute Gasteiger partial charge is 0.469 e. The first kappa shape index (κ1) is 14.4. The van der Waals surface area contributed by atoms with Crippen LogP contribution < -0.4 is 5.73 Å². The van der Waals surface area contributed by atoms with Gasteiger partial charge in [0.25, 0.3) is 0 Å². The Morgan fingerprint density at radius 3 is 2.60 bits per heavy atom. The van der Waals surface area contributed by atoms with Gasteiger partial charge in [-0.15, -0.1) is 23.7 Å². The van der Waals surface area contributed by atoms with Crippen LogP contribution in [0, 0.1) is 5.41 Å². The lowest BCUT2D eigenvalue weighted by Crippen LogP contribution is -2.36. The molecule has 86 valence electrons. The summed E-state index contributed by atoms with van der Waals surface area (Å²) in [6.07, 6.45) is 0. The van der Waals surface area contributed by atoms with Crippen molar-refractivity contribution in [2.24, 2.45) is 11.1 Å². The lowest BCUT2D eigenvalue weighted by atomic mass is 9.84. The minimum absolute atomic E-state index is 0. The van der Waals surface area contributed by atoms with Crippen molar-refractivity contribution in [3.8, 4) is 0 Å². The Morgan fingerprint density at radius 1 is 1.60 bits per heavy atom. The monoisotopic (exact) mass is 249 g/mol. The predicted molar refractivity (Wildman–Crippen MR) is 64.3 cm³/mol. The molecule has 1 atom stereocenters. The summed E-state index contributed by atoms with van der Waals surface area (Å²) in [6.45, 7) is 3.59. The van der Waals surface area contributed by atoms with Gasteiger partial charge in [0.2, 0.25) is 0 Å². The summed E-state index contributed by atoms with van der Waals surface area (Å²) in [5, 5.41) is 1.95. The quantitative estimate of drug-likeness (QED) is 0.837. The Kier molecular flexibility index (Phi) is 5.28. The SMILES string of the molecule is COC(=O)C(C)(C)[C@H](N)c1cccs1.Cl. The fourth-order valence-electron chi connectivity index (χ4n) is 1.21. The maximum atomic E-state index is 11.5. The van der Waals surface area contributed by atoms with Crippen LogP contribution in [0.25, 0.3) is 0 Å². The lowest BCUT2D eigenvalue weighted by molar-refractivity contribution is -0.152. The first-order chi connectivity index (χ1) is 6.50. The summed E-state index contributed by atoms with van der Waals surface area (Å²) in [7, 11) is 1.38. The highest BCUT2D eigenvalue weighted by Crippen LogP contribution is 2.34. The third-order valence-corrected chi connectivity index (χ3v) is 3.29. The Hall–Kier alpha value is -0.580. The van der Waals surface area contributed by atoms with Crippen LogP contribution in [0.4, 0.5) is 0 Å². The number of thiophene rings is 1. The predicted octanol–water partition coefficient (Wildman–Crippen LogP) is 2.37. The van der Waals surface area contributed by atoms with E-state index in [1.165, 1.54) is 7.11 Å². The Morgan fingerprint density at radius 2 is 2.20 bits per heavy atom. The molecular formula is C10H16ClNO2S. The van der Waals surface area contributed by atoms with Gasteiger partial charge in [-0.1, -0.05) is 6.07 Å². The molecule has 0 aliphatic heterocycles. The first-order valence-corrected chi connectivity index (χ1v) is 5.25. The smallest absolute Gasteiger partial charge is 0.313 e. The molecule has 5 heteroatoms. The summed E-state index contributed by atoms with van der Waals surface area (Å²) < 4.78 is 4.72. The zero-order valence-corrected chi connectivity index (χ0v) is 10.7. The Balaban J connectivity index is 0.00000196. The standard InChI is InChI=1S/C10H15NO2S.ClH/c1-10(2,9(12)13-3)8(11)7-5-4-6-14-7;/h4-6,8H,11H2,1-3H3;1H/t8-;/m1./s1. The molecule has 1 heterocycles. The number of nitrogens with two attached hydrogens (primary N) is 1. The van der Waals surface area contributed by atoms with Crippen LogP contribution in [0.15, 0.2) is 17.5 Å². The van der Waals surface area contributed by atoms with Gasteiger partial charge in [0.1, 0.15) is 0 Å². The summed E-state index contributed by atoms with van der Waals surface area (Å²) >= 11 is 1.55. The van der Waals surface area contributed by atoms with E-state index in [0.29, 0.717) is 0 Å². The summed E-state index contributed by atoms with van der Waals surface area (Å²) in [6, 6.07) is 3.54. The molecule has 2 N–H and O–H groups in total. The van der Waals surface area contributed by atoms with Crippen LogP contribution in [-0.4, -0.2) is 13.1 Å². The average molecular weight is 250 g/mol. The van der Waals surface area contributed by atoms with Crippen molar-refractivity contribution in [1.82, 2.24) is 0 Å². The molecule has 0 aliphatic rings. The number of ether oxygens (including phenoxy) is 1. The van der Waals surface area contributed by atoms with E-state index < -0.39 is 5.41 Å². The summed E-state index contributed by atoms with van der Waals surface area (Å²) in [4.78, 5) is 12.5. The lowest BCUT2D eigenvalue weighted by Gasteiger charge is -2.27. The number of halogens is 1. The van der Waals surface area contributed by atoms with E-state index in [4.69, 9.17) is 10.5 Å². The maximum Gasteiger partial charge on any atom is 0.313 e. The van der Waals surface area contributed by atoms with Gasteiger partial charge in [-0.25, -0.2) is 0 Å². The molecule has 0 bridgehead atoms. The van der Waals surface area contributed by atoms with Crippen molar-refractivity contribution in [2.75, 3.05) is 7.11 Å². The third kappa shape index (κ3) is 2.93. The minimum Gasteiger partial charge on any atom is -0.469 e. The first-order valence-electron chi connectivity index (χ1n) is 4.37. The molecule has 0 spiro atoms. The Bertz CT molecular complexity index is 311. The molecular weight excluding hydrogens is 234 g/mol. The fraction of sp³-hybridized carbons (Fsp3) is 0.500. The van der Waals surface area contributed by atoms with Gasteiger partial charge in [0.15, 0.2) is 0 Å². The van der Waals surface area contributed by atoms with Gasteiger partial charge in [-0.3, -0.25) is 4.79 Å². The minimum atomic E-state index is -0.681. The topological polar surface area (TPSA) is 52.3 Å². The van der Waals surface area contributed by atoms with E-state index >= 15 is 0 Å². The molecule has 1 aromatic heterocycles. The number of hydrogen-bond acceptors (Lipinski definition) is 4. The number of hydrogen-bond donors (Lipinski definition) is 1. The second-order valence-electron chi connectivity index (χ2n) is 3.71. The van der Waals surface area contributed by atoms with E-state index in [0.717, 1.165) is 4.88 Å². The molecule has 0 saturated carbocycles. The highest BCUT2D eigenvalue weighted by Gasteiger charge is 2.36. The van der Waals surface area contributed by atoms with Gasteiger partial charge in [-0.05, 0) is 25.3 Å². The molecule has 0 saturated heterocycles. The third-order valence-electron chi connectivity index (χ3n) is 2.34. The van der Waals surface area contributed by atoms with E-state index in [9.17, 15) is 4.79 Å². The number of carbonyl (C=O) groups is 1. The van der Waals surface area contributed by atoms with Crippen molar-refractivity contribution < 1.29 is 9.53 Å². The molecule has 1 aromatic rings. The summed E-state index contributed by atoms with van der Waals surface area (Å²) in [5.74, 6) is -0.279. The molecule has 0 fully saturated rings. The van der Waals surface area contributed by atoms with Crippen LogP contribution >= 0.6 is 23.7 Å². The van der Waals surface area contributed by atoms with Crippen LogP contribution in [0.5, 0.6) is 0 Å². The van der Waals surface area contributed by atoms with Crippen LogP contribution in [0.3, 0.4) is 0 Å². The van der Waals surface area contributed by atoms with Crippen molar-refractivity contribution in [2.45, 2.75) is 19.9 Å². The van der Waals surface area contributed by atoms with Gasteiger partial charge in [-0.2, -0.15) is 0 Å². The zero-order valence-electron chi connectivity index (χ0n) is 9.02. The number of esters is 1. The van der Waals surface area contributed by atoms with Crippen molar-refractivity contribution >= 4 is 29.7 Å². The van der Waals surface area contributed by atoms with Gasteiger partial charge >= 0.3 is 5.97 Å². The van der Waals surface area contributed by atoms with E-state index in [-0.39, 0.29) is 24.4 Å². The fourth-order valence-corrected chi connectivity index (χ4v) is 2.13. The van der Waals surface area contributed by atoms with E-state index in [2.05, 4.69) is 0 Å². The molecule has 0 aromatic carbocycles. The second kappa shape index (κ2) is 5.49. The van der Waals surface area contributed by atoms with Crippen molar-refractivity contribution in [3.63, 3.8) is 0 Å². The molecule has 1 rings (SSSR count). The zero-order chi connectivity index (χ0) is 10.8. The molecule has 0 aliphatic carbocycles. The highest BCUT2D eigenvalue weighted by atomic mass is 35.5. The number of rotatable bonds is 3. The van der Waals surface area contributed by atoms with Crippen molar-refractivity contribution in [1.29, 1.82) is 0 Å². The van der Waals surface area contributed by atoms with Crippen LogP contribution in [-0.2, 0) is 9.53 Å². The Labute approximate surface area is 100 Å². The average Bonchev–Trinajstić information content (AvgIpc) is 2.67. The van der Waals surface area contributed by atoms with Crippen LogP contribution in [0.1, 0.15) is 24.8 Å². The van der Waals surface area contributed by atoms with E-state index in [1.54, 1.807) is 25.2 Å². The molecule has 3 nitrogen and oxygen atoms in total. The summed E-state index contributed by atoms with van der Waals surface area (Å²) in [5.41, 5.74) is 5.32. The highest BCUT2D eigenvalue weighted by molar-refractivity contribution is 7.10. The maximum absolute atomic E-state index is 11.5. The molecule has 15 heavy (non-hydrogen) atoms. The normalized spacial score (nSPS) is 12.8. The number of carbonyl (C=O) groups excluding carboxylic acids is 1. The van der Waals surface area contributed by atoms with E-state index in [1.807, 2.05) is 17.5 Å². The molecule has 0 amide bonds. The van der Waals surface area contributed by atoms with Gasteiger partial charge in [0, 0.05) is 4.88 Å². The van der Waals surface area contributed by atoms with Crippen LogP contribution in [0.2, 0.25) is 0 Å². The van der Waals surface area contributed by atoms with Crippen molar-refractivity contribution in [3.05, 3.63) is 22.4 Å². The van der Waals surface area contributed by atoms with Gasteiger partial charge < -0.3 is 10.5 Å².